The van der Waals surface area contributed by atoms with Crippen molar-refractivity contribution in [2.75, 3.05) is 17.7 Å². The van der Waals surface area contributed by atoms with Gasteiger partial charge in [0.25, 0.3) is 5.91 Å². The van der Waals surface area contributed by atoms with Crippen molar-refractivity contribution in [2.24, 2.45) is 5.92 Å². The van der Waals surface area contributed by atoms with Crippen LogP contribution < -0.4 is 30.5 Å². The normalized spacial score (nSPS) is 15.2. The minimum atomic E-state index is -4.99. The van der Waals surface area contributed by atoms with Gasteiger partial charge in [-0.3, -0.25) is 10.1 Å². The Morgan fingerprint density at radius 2 is 1.57 bits per heavy atom. The molecule has 0 aliphatic heterocycles. The number of thiophene rings is 1. The lowest BCUT2D eigenvalue weighted by Crippen LogP contribution is -2.62. The number of anilines is 2. The molecule has 1 aliphatic carbocycles. The second-order valence-electron chi connectivity index (χ2n) is 10.2. The zero-order chi connectivity index (χ0) is 32.2. The summed E-state index contributed by atoms with van der Waals surface area (Å²) in [6.07, 6.45) is -1.16. The van der Waals surface area contributed by atoms with Crippen molar-refractivity contribution in [3.8, 4) is 21.9 Å². The van der Waals surface area contributed by atoms with Gasteiger partial charge in [0.2, 0.25) is 0 Å². The predicted octanol–water partition coefficient (Wildman–Crippen LogP) is 7.09. The number of carbonyl (C=O) groups is 3. The summed E-state index contributed by atoms with van der Waals surface area (Å²) in [5.74, 6) is -2.61. The molecule has 0 radical (unpaired) electrons. The first-order chi connectivity index (χ1) is 20.7. The van der Waals surface area contributed by atoms with Gasteiger partial charge in [-0.05, 0) is 61.6 Å². The maximum Gasteiger partial charge on any atom is 0.573 e. The second kappa shape index (κ2) is 13.5. The summed E-state index contributed by atoms with van der Waals surface area (Å²) in [7, 11) is 1.51. The number of carboxylic acid groups (broad SMARTS) is 1. The molecule has 1 fully saturated rings. The maximum absolute atomic E-state index is 13.6. The number of ether oxygens (including phenoxy) is 2. The lowest BCUT2D eigenvalue weighted by atomic mass is 9.75. The van der Waals surface area contributed by atoms with Crippen molar-refractivity contribution in [1.82, 2.24) is 5.32 Å². The van der Waals surface area contributed by atoms with E-state index in [2.05, 4.69) is 20.7 Å². The number of alkyl halides is 3. The Labute approximate surface area is 264 Å². The quantitative estimate of drug-likeness (QED) is 0.223. The fraction of sp³-hybridized carbons (Fsp3) is 0.345. The molecule has 44 heavy (non-hydrogen) atoms. The summed E-state index contributed by atoms with van der Waals surface area (Å²) >= 11 is 13.2. The number of benzene rings is 2. The topological polar surface area (TPSA) is 129 Å². The molecule has 1 aliphatic rings. The van der Waals surface area contributed by atoms with Crippen molar-refractivity contribution in [2.45, 2.75) is 50.9 Å². The van der Waals surface area contributed by atoms with E-state index in [1.165, 1.54) is 20.1 Å². The third kappa shape index (κ3) is 7.88. The van der Waals surface area contributed by atoms with Gasteiger partial charge in [-0.15, -0.1) is 24.5 Å². The van der Waals surface area contributed by atoms with Crippen LogP contribution in [0.2, 0.25) is 10.0 Å². The summed E-state index contributed by atoms with van der Waals surface area (Å²) in [6, 6.07) is 9.15. The second-order valence-corrected chi connectivity index (χ2v) is 12.1. The molecular weight excluding hydrogens is 646 g/mol. The number of urea groups is 1. The fourth-order valence-corrected chi connectivity index (χ4v) is 6.58. The summed E-state index contributed by atoms with van der Waals surface area (Å²) in [5.41, 5.74) is -1.22. The average molecular weight is 674 g/mol. The molecule has 0 saturated heterocycles. The Bertz CT molecular complexity index is 1520. The van der Waals surface area contributed by atoms with E-state index in [4.69, 9.17) is 27.9 Å². The Kier molecular flexibility index (Phi) is 10.2. The molecule has 0 spiro atoms. The van der Waals surface area contributed by atoms with Crippen molar-refractivity contribution >= 4 is 63.1 Å². The van der Waals surface area contributed by atoms with Crippen LogP contribution in [-0.4, -0.2) is 36.9 Å². The molecule has 9 nitrogen and oxygen atoms in total. The van der Waals surface area contributed by atoms with E-state index in [-0.39, 0.29) is 32.2 Å². The smallest absolute Gasteiger partial charge is 0.548 e. The zero-order valence-corrected chi connectivity index (χ0v) is 25.7. The number of carboxylic acids is 1. The molecule has 1 heterocycles. The molecule has 1 saturated carbocycles. The van der Waals surface area contributed by atoms with E-state index in [1.54, 1.807) is 24.3 Å². The van der Waals surface area contributed by atoms with Gasteiger partial charge >= 0.3 is 12.4 Å². The number of hydrogen-bond donors (Lipinski definition) is 3. The molecule has 0 unspecified atom stereocenters. The number of halogens is 5. The van der Waals surface area contributed by atoms with Crippen molar-refractivity contribution < 1.29 is 42.1 Å². The van der Waals surface area contributed by atoms with E-state index in [1.807, 2.05) is 0 Å². The predicted molar refractivity (Wildman–Crippen MR) is 160 cm³/mol. The van der Waals surface area contributed by atoms with Gasteiger partial charge in [0.05, 0.1) is 39.9 Å². The molecule has 1 aromatic heterocycles. The Morgan fingerprint density at radius 1 is 0.955 bits per heavy atom. The van der Waals surface area contributed by atoms with Crippen LogP contribution in [0.25, 0.3) is 10.4 Å². The first-order valence-corrected chi connectivity index (χ1v) is 14.9. The van der Waals surface area contributed by atoms with Crippen LogP contribution in [0.1, 0.15) is 49.4 Å². The highest BCUT2D eigenvalue weighted by Gasteiger charge is 2.39. The molecule has 3 amide bonds. The van der Waals surface area contributed by atoms with E-state index < -0.39 is 35.6 Å². The van der Waals surface area contributed by atoms with Gasteiger partial charge in [0.15, 0.2) is 0 Å². The van der Waals surface area contributed by atoms with Crippen LogP contribution >= 0.6 is 34.5 Å². The minimum Gasteiger partial charge on any atom is -0.548 e. The van der Waals surface area contributed by atoms with Crippen molar-refractivity contribution in [3.05, 3.63) is 58.1 Å². The van der Waals surface area contributed by atoms with Crippen LogP contribution in [0.3, 0.4) is 0 Å². The zero-order valence-electron chi connectivity index (χ0n) is 23.4. The first-order valence-electron chi connectivity index (χ1n) is 13.3. The van der Waals surface area contributed by atoms with Crippen LogP contribution in [0.5, 0.6) is 11.5 Å². The first kappa shape index (κ1) is 33.2. The number of hydrogen-bond acceptors (Lipinski definition) is 7. The molecule has 2 aromatic carbocycles. The molecule has 15 heteroatoms. The molecular formula is C29H27Cl2F3N3O6S-. The van der Waals surface area contributed by atoms with E-state index in [0.29, 0.717) is 29.0 Å². The summed E-state index contributed by atoms with van der Waals surface area (Å²) in [4.78, 5) is 39.5. The van der Waals surface area contributed by atoms with Crippen molar-refractivity contribution in [3.63, 3.8) is 0 Å². The lowest BCUT2D eigenvalue weighted by molar-refractivity contribution is -0.315. The molecule has 1 atom stereocenters. The number of aliphatic carboxylic acids is 1. The third-order valence-corrected chi connectivity index (χ3v) is 8.98. The number of amides is 3. The highest BCUT2D eigenvalue weighted by Crippen LogP contribution is 2.40. The van der Waals surface area contributed by atoms with Crippen LogP contribution in [0.15, 0.2) is 42.5 Å². The Balaban J connectivity index is 1.64. The van der Waals surface area contributed by atoms with Crippen LogP contribution in [0, 0.1) is 5.92 Å². The lowest BCUT2D eigenvalue weighted by Gasteiger charge is -2.41. The molecule has 236 valence electrons. The van der Waals surface area contributed by atoms with Gasteiger partial charge in [-0.2, -0.15) is 0 Å². The summed E-state index contributed by atoms with van der Waals surface area (Å²) in [5, 5.41) is 19.2. The summed E-state index contributed by atoms with van der Waals surface area (Å²) < 4.78 is 46.9. The number of carbonyl (C=O) groups excluding carboxylic acids is 3. The highest BCUT2D eigenvalue weighted by molar-refractivity contribution is 7.20. The van der Waals surface area contributed by atoms with Crippen LogP contribution in [0.4, 0.5) is 28.7 Å². The SMILES string of the molecule is COc1ccc(-c2cc(C(=O)N[C@](C)(C(=O)[O-])C3CCCCC3)c(NC(=O)Nc3c(Cl)cc(OC(F)(F)F)cc3Cl)s2)cc1. The Morgan fingerprint density at radius 3 is 2.11 bits per heavy atom. The molecule has 3 aromatic rings. The fourth-order valence-electron chi connectivity index (χ4n) is 4.96. The largest absolute Gasteiger partial charge is 0.573 e. The van der Waals surface area contributed by atoms with Gasteiger partial charge in [0.1, 0.15) is 16.5 Å². The van der Waals surface area contributed by atoms with Gasteiger partial charge < -0.3 is 30.0 Å². The molecule has 0 bridgehead atoms. The van der Waals surface area contributed by atoms with E-state index >= 15 is 0 Å². The third-order valence-electron chi connectivity index (χ3n) is 7.28. The molecule has 4 rings (SSSR count). The summed E-state index contributed by atoms with van der Waals surface area (Å²) in [6.45, 7) is 1.42. The minimum absolute atomic E-state index is 0.0228. The monoisotopic (exact) mass is 672 g/mol. The van der Waals surface area contributed by atoms with Crippen LogP contribution in [-0.2, 0) is 4.79 Å². The maximum atomic E-state index is 13.6. The molecule has 3 N–H and O–H groups in total. The van der Waals surface area contributed by atoms with Gasteiger partial charge in [0, 0.05) is 17.0 Å². The Hall–Kier alpha value is -3.68. The van der Waals surface area contributed by atoms with Gasteiger partial charge in [-0.1, -0.05) is 42.5 Å². The standard InChI is InChI=1S/C29H28Cl2F3N3O6S/c1-28(26(39)40,16-6-4-3-5-7-16)37-24(38)19-14-22(15-8-10-17(42-2)11-9-15)44-25(19)36-27(41)35-23-20(30)12-18(13-21(23)31)43-29(32,33)34/h8-14,16H,3-7H2,1-2H3,(H,37,38)(H,39,40)(H2,35,36,41)/p-1/t28-/m0/s1. The highest BCUT2D eigenvalue weighted by atomic mass is 35.5. The van der Waals surface area contributed by atoms with E-state index in [0.717, 1.165) is 42.7 Å². The average Bonchev–Trinajstić information content (AvgIpc) is 3.38. The number of methoxy groups -OCH3 is 1. The van der Waals surface area contributed by atoms with Crippen molar-refractivity contribution in [1.29, 1.82) is 0 Å². The number of rotatable bonds is 9. The van der Waals surface area contributed by atoms with Gasteiger partial charge in [-0.25, -0.2) is 4.79 Å². The van der Waals surface area contributed by atoms with E-state index in [9.17, 15) is 32.7 Å². The number of nitrogens with one attached hydrogen (secondary N) is 3.